The van der Waals surface area contributed by atoms with Gasteiger partial charge in [0.15, 0.2) is 0 Å². The highest BCUT2D eigenvalue weighted by Crippen LogP contribution is 2.16. The van der Waals surface area contributed by atoms with Gasteiger partial charge in [-0.05, 0) is 61.0 Å². The molecule has 0 bridgehead atoms. The van der Waals surface area contributed by atoms with Crippen molar-refractivity contribution in [2.45, 2.75) is 13.3 Å². The van der Waals surface area contributed by atoms with Crippen LogP contribution in [0.2, 0.25) is 0 Å². The van der Waals surface area contributed by atoms with Gasteiger partial charge >= 0.3 is 0 Å². The second kappa shape index (κ2) is 9.37. The molecule has 28 heavy (non-hydrogen) atoms. The van der Waals surface area contributed by atoms with Crippen molar-refractivity contribution in [1.29, 1.82) is 0 Å². The van der Waals surface area contributed by atoms with Crippen molar-refractivity contribution in [2.75, 3.05) is 17.2 Å². The van der Waals surface area contributed by atoms with E-state index in [4.69, 9.17) is 4.74 Å². The molecule has 0 fully saturated rings. The second-order valence-corrected chi connectivity index (χ2v) is 6.23. The molecule has 3 aromatic carbocycles. The van der Waals surface area contributed by atoms with Crippen LogP contribution in [0.3, 0.4) is 0 Å². The highest BCUT2D eigenvalue weighted by molar-refractivity contribution is 6.07. The van der Waals surface area contributed by atoms with Gasteiger partial charge in [0.1, 0.15) is 5.75 Å². The number of para-hydroxylation sites is 1. The summed E-state index contributed by atoms with van der Waals surface area (Å²) in [6.45, 7) is 2.68. The maximum Gasteiger partial charge on any atom is 0.255 e. The van der Waals surface area contributed by atoms with Crippen LogP contribution in [0.1, 0.15) is 34.1 Å². The standard InChI is InChI=1S/C23H22N2O3/c1-2-15-28-21-13-11-17(12-14-21)22(26)25-20-10-6-7-18(16-20)23(27)24-19-8-4-3-5-9-19/h3-14,16H,2,15H2,1H3,(H,24,27)(H,25,26). The Hall–Kier alpha value is -3.60. The topological polar surface area (TPSA) is 67.4 Å². The van der Waals surface area contributed by atoms with E-state index in [9.17, 15) is 9.59 Å². The van der Waals surface area contributed by atoms with Gasteiger partial charge in [-0.2, -0.15) is 0 Å². The average Bonchev–Trinajstić information content (AvgIpc) is 2.73. The van der Waals surface area contributed by atoms with Crippen molar-refractivity contribution in [3.05, 3.63) is 90.0 Å². The molecule has 0 spiro atoms. The van der Waals surface area contributed by atoms with Crippen LogP contribution in [-0.4, -0.2) is 18.4 Å². The normalized spacial score (nSPS) is 10.2. The van der Waals surface area contributed by atoms with E-state index in [2.05, 4.69) is 10.6 Å². The molecule has 0 radical (unpaired) electrons. The van der Waals surface area contributed by atoms with Crippen molar-refractivity contribution >= 4 is 23.2 Å². The summed E-state index contributed by atoms with van der Waals surface area (Å²) in [6, 6.07) is 23.0. The van der Waals surface area contributed by atoms with E-state index in [0.29, 0.717) is 29.1 Å². The highest BCUT2D eigenvalue weighted by atomic mass is 16.5. The first kappa shape index (κ1) is 19.2. The maximum atomic E-state index is 12.5. The molecule has 2 N–H and O–H groups in total. The Kier molecular flexibility index (Phi) is 6.41. The Morgan fingerprint density at radius 3 is 2.11 bits per heavy atom. The highest BCUT2D eigenvalue weighted by Gasteiger charge is 2.10. The molecule has 0 aliphatic heterocycles. The Labute approximate surface area is 164 Å². The van der Waals surface area contributed by atoms with Gasteiger partial charge < -0.3 is 15.4 Å². The maximum absolute atomic E-state index is 12.5. The van der Waals surface area contributed by atoms with Crippen molar-refractivity contribution in [2.24, 2.45) is 0 Å². The molecule has 0 saturated carbocycles. The minimum absolute atomic E-state index is 0.236. The third-order valence-corrected chi connectivity index (χ3v) is 4.00. The summed E-state index contributed by atoms with van der Waals surface area (Å²) < 4.78 is 5.52. The van der Waals surface area contributed by atoms with E-state index >= 15 is 0 Å². The number of benzene rings is 3. The van der Waals surface area contributed by atoms with E-state index in [0.717, 1.165) is 12.2 Å². The summed E-state index contributed by atoms with van der Waals surface area (Å²) >= 11 is 0. The van der Waals surface area contributed by atoms with E-state index in [1.165, 1.54) is 0 Å². The third kappa shape index (κ3) is 5.20. The number of rotatable bonds is 7. The molecule has 0 atom stereocenters. The number of carbonyl (C=O) groups is 2. The molecular formula is C23H22N2O3. The minimum atomic E-state index is -0.248. The van der Waals surface area contributed by atoms with Gasteiger partial charge in [-0.1, -0.05) is 31.2 Å². The third-order valence-electron chi connectivity index (χ3n) is 4.00. The molecule has 0 aliphatic carbocycles. The first-order valence-corrected chi connectivity index (χ1v) is 9.16. The van der Waals surface area contributed by atoms with Crippen molar-refractivity contribution in [1.82, 2.24) is 0 Å². The lowest BCUT2D eigenvalue weighted by atomic mass is 10.1. The van der Waals surface area contributed by atoms with Crippen LogP contribution < -0.4 is 15.4 Å². The van der Waals surface area contributed by atoms with Gasteiger partial charge in [-0.25, -0.2) is 0 Å². The Morgan fingerprint density at radius 1 is 0.750 bits per heavy atom. The number of anilines is 2. The predicted molar refractivity (Wildman–Crippen MR) is 111 cm³/mol. The lowest BCUT2D eigenvalue weighted by Gasteiger charge is -2.09. The zero-order chi connectivity index (χ0) is 19.8. The van der Waals surface area contributed by atoms with E-state index in [1.807, 2.05) is 37.3 Å². The van der Waals surface area contributed by atoms with E-state index in [-0.39, 0.29) is 11.8 Å². The second-order valence-electron chi connectivity index (χ2n) is 6.23. The Bertz CT molecular complexity index is 938. The van der Waals surface area contributed by atoms with Gasteiger partial charge in [0.25, 0.3) is 11.8 Å². The molecule has 0 aliphatic rings. The molecule has 2 amide bonds. The van der Waals surface area contributed by atoms with Gasteiger partial charge in [-0.3, -0.25) is 9.59 Å². The predicted octanol–water partition coefficient (Wildman–Crippen LogP) is 4.98. The van der Waals surface area contributed by atoms with Crippen LogP contribution in [0.4, 0.5) is 11.4 Å². The number of nitrogens with one attached hydrogen (secondary N) is 2. The summed E-state index contributed by atoms with van der Waals surface area (Å²) in [5, 5.41) is 5.65. The van der Waals surface area contributed by atoms with E-state index < -0.39 is 0 Å². The summed E-state index contributed by atoms with van der Waals surface area (Å²) in [4.78, 5) is 24.9. The quantitative estimate of drug-likeness (QED) is 0.613. The van der Waals surface area contributed by atoms with Crippen LogP contribution in [0, 0.1) is 0 Å². The van der Waals surface area contributed by atoms with Crippen LogP contribution in [0.5, 0.6) is 5.75 Å². The zero-order valence-electron chi connectivity index (χ0n) is 15.6. The minimum Gasteiger partial charge on any atom is -0.494 e. The van der Waals surface area contributed by atoms with Crippen molar-refractivity contribution < 1.29 is 14.3 Å². The van der Waals surface area contributed by atoms with Gasteiger partial charge in [0.2, 0.25) is 0 Å². The molecule has 0 saturated heterocycles. The van der Waals surface area contributed by atoms with Crippen LogP contribution in [0.25, 0.3) is 0 Å². The number of ether oxygens (including phenoxy) is 1. The summed E-state index contributed by atoms with van der Waals surface area (Å²) in [6.07, 6.45) is 0.927. The first-order chi connectivity index (χ1) is 13.7. The lowest BCUT2D eigenvalue weighted by Crippen LogP contribution is -2.14. The SMILES string of the molecule is CCCOc1ccc(C(=O)Nc2cccc(C(=O)Nc3ccccc3)c2)cc1. The summed E-state index contributed by atoms with van der Waals surface area (Å²) in [5.41, 5.74) is 2.25. The van der Waals surface area contributed by atoms with Crippen LogP contribution in [0.15, 0.2) is 78.9 Å². The summed E-state index contributed by atoms with van der Waals surface area (Å²) in [5.74, 6) is 0.250. The van der Waals surface area contributed by atoms with Crippen molar-refractivity contribution in [3.8, 4) is 5.75 Å². The number of amides is 2. The first-order valence-electron chi connectivity index (χ1n) is 9.16. The molecule has 0 unspecified atom stereocenters. The molecule has 5 heteroatoms. The molecule has 3 aromatic rings. The van der Waals surface area contributed by atoms with E-state index in [1.54, 1.807) is 48.5 Å². The monoisotopic (exact) mass is 374 g/mol. The number of carbonyl (C=O) groups excluding carboxylic acids is 2. The van der Waals surface area contributed by atoms with Gasteiger partial charge in [0.05, 0.1) is 6.61 Å². The summed E-state index contributed by atoms with van der Waals surface area (Å²) in [7, 11) is 0. The van der Waals surface area contributed by atoms with Crippen LogP contribution in [-0.2, 0) is 0 Å². The fourth-order valence-corrected chi connectivity index (χ4v) is 2.59. The fraction of sp³-hybridized carbons (Fsp3) is 0.130. The Morgan fingerprint density at radius 2 is 1.39 bits per heavy atom. The Balaban J connectivity index is 1.65. The largest absolute Gasteiger partial charge is 0.494 e. The lowest BCUT2D eigenvalue weighted by molar-refractivity contribution is 0.101. The van der Waals surface area contributed by atoms with Gasteiger partial charge in [0, 0.05) is 22.5 Å². The smallest absolute Gasteiger partial charge is 0.255 e. The zero-order valence-corrected chi connectivity index (χ0v) is 15.6. The van der Waals surface area contributed by atoms with Crippen LogP contribution >= 0.6 is 0 Å². The average molecular weight is 374 g/mol. The molecule has 142 valence electrons. The number of hydrogen-bond donors (Lipinski definition) is 2. The molecular weight excluding hydrogens is 352 g/mol. The fourth-order valence-electron chi connectivity index (χ4n) is 2.59. The number of hydrogen-bond acceptors (Lipinski definition) is 3. The van der Waals surface area contributed by atoms with Gasteiger partial charge in [-0.15, -0.1) is 0 Å². The molecule has 5 nitrogen and oxygen atoms in total. The molecule has 0 heterocycles. The molecule has 0 aromatic heterocycles. The van der Waals surface area contributed by atoms with Crippen molar-refractivity contribution in [3.63, 3.8) is 0 Å². The molecule has 3 rings (SSSR count).